The summed E-state index contributed by atoms with van der Waals surface area (Å²) in [6, 6.07) is 2.03. The van der Waals surface area contributed by atoms with E-state index in [1.54, 1.807) is 18.8 Å². The van der Waals surface area contributed by atoms with Gasteiger partial charge < -0.3 is 9.84 Å². The molecule has 6 nitrogen and oxygen atoms in total. The molecule has 0 radical (unpaired) electrons. The summed E-state index contributed by atoms with van der Waals surface area (Å²) in [5, 5.41) is 19.2. The van der Waals surface area contributed by atoms with Gasteiger partial charge in [0.2, 0.25) is 5.88 Å². The maximum atomic E-state index is 10.5. The molecule has 2 rings (SSSR count). The molecule has 20 heavy (non-hydrogen) atoms. The minimum atomic E-state index is -0.654. The largest absolute Gasteiger partial charge is 0.481 e. The lowest BCUT2D eigenvalue weighted by Crippen LogP contribution is -2.08. The van der Waals surface area contributed by atoms with Gasteiger partial charge >= 0.3 is 0 Å². The Balaban J connectivity index is 2.28. The number of rotatable bonds is 5. The van der Waals surface area contributed by atoms with E-state index >= 15 is 0 Å². The quantitative estimate of drug-likeness (QED) is 0.895. The summed E-state index contributed by atoms with van der Waals surface area (Å²) in [7, 11) is 5.29. The van der Waals surface area contributed by atoms with E-state index in [1.165, 1.54) is 0 Å². The molecule has 0 fully saturated rings. The van der Waals surface area contributed by atoms with Crippen molar-refractivity contribution in [2.75, 3.05) is 7.11 Å². The predicted octanol–water partition coefficient (Wildman–Crippen LogP) is 1.31. The summed E-state index contributed by atoms with van der Waals surface area (Å²) in [6.07, 6.45) is 0.727. The third-order valence-electron chi connectivity index (χ3n) is 3.53. The number of methoxy groups -OCH3 is 1. The highest BCUT2D eigenvalue weighted by Gasteiger charge is 2.22. The number of nitrogens with zero attached hydrogens (tertiary/aromatic N) is 4. The molecule has 2 aromatic rings. The van der Waals surface area contributed by atoms with Gasteiger partial charge in [-0.2, -0.15) is 10.2 Å². The molecular weight excluding hydrogens is 256 g/mol. The van der Waals surface area contributed by atoms with Crippen molar-refractivity contribution < 1.29 is 9.84 Å². The first-order chi connectivity index (χ1) is 9.47. The highest BCUT2D eigenvalue weighted by Crippen LogP contribution is 2.30. The number of hydrogen-bond donors (Lipinski definition) is 1. The van der Waals surface area contributed by atoms with Gasteiger partial charge in [0.1, 0.15) is 0 Å². The second-order valence-electron chi connectivity index (χ2n) is 4.96. The van der Waals surface area contributed by atoms with Crippen LogP contribution in [-0.4, -0.2) is 31.8 Å². The Morgan fingerprint density at radius 3 is 2.55 bits per heavy atom. The molecular formula is C14H22N4O2. The fraction of sp³-hybridized carbons (Fsp3) is 0.571. The maximum absolute atomic E-state index is 10.5. The number of hydrogen-bond acceptors (Lipinski definition) is 4. The molecule has 2 aromatic heterocycles. The van der Waals surface area contributed by atoms with Gasteiger partial charge in [-0.15, -0.1) is 0 Å². The molecule has 0 aliphatic carbocycles. The summed E-state index contributed by atoms with van der Waals surface area (Å²) in [5.41, 5.74) is 3.56. The summed E-state index contributed by atoms with van der Waals surface area (Å²) in [6.45, 7) is 3.94. The van der Waals surface area contributed by atoms with Crippen molar-refractivity contribution in [3.05, 3.63) is 28.7 Å². The predicted molar refractivity (Wildman–Crippen MR) is 75.7 cm³/mol. The molecule has 1 N–H and O–H groups in total. The Labute approximate surface area is 119 Å². The van der Waals surface area contributed by atoms with Crippen LogP contribution in [0.2, 0.25) is 0 Å². The van der Waals surface area contributed by atoms with Crippen LogP contribution in [0, 0.1) is 6.92 Å². The van der Waals surface area contributed by atoms with E-state index in [0.717, 1.165) is 29.1 Å². The first-order valence-electron chi connectivity index (χ1n) is 6.75. The van der Waals surface area contributed by atoms with Crippen molar-refractivity contribution >= 4 is 0 Å². The first-order valence-corrected chi connectivity index (χ1v) is 6.75. The van der Waals surface area contributed by atoms with E-state index in [1.807, 2.05) is 24.7 Å². The average molecular weight is 278 g/mol. The molecule has 0 amide bonds. The van der Waals surface area contributed by atoms with Crippen molar-refractivity contribution in [2.24, 2.45) is 14.1 Å². The Hall–Kier alpha value is -1.82. The number of ether oxygens (including phenoxy) is 1. The number of aliphatic hydroxyl groups excluding tert-OH is 1. The molecule has 110 valence electrons. The average Bonchev–Trinajstić information content (AvgIpc) is 2.89. The number of aryl methyl sites for hydroxylation is 4. The van der Waals surface area contributed by atoms with Crippen LogP contribution in [-0.2, 0) is 26.9 Å². The topological polar surface area (TPSA) is 65.1 Å². The van der Waals surface area contributed by atoms with Gasteiger partial charge in [-0.25, -0.2) is 4.68 Å². The van der Waals surface area contributed by atoms with Crippen LogP contribution >= 0.6 is 0 Å². The normalized spacial score (nSPS) is 12.7. The smallest absolute Gasteiger partial charge is 0.217 e. The molecule has 0 saturated heterocycles. The van der Waals surface area contributed by atoms with Crippen molar-refractivity contribution in [1.29, 1.82) is 0 Å². The fourth-order valence-corrected chi connectivity index (χ4v) is 2.51. The van der Waals surface area contributed by atoms with Gasteiger partial charge in [-0.3, -0.25) is 4.68 Å². The molecule has 1 atom stereocenters. The van der Waals surface area contributed by atoms with Crippen LogP contribution in [0.1, 0.15) is 35.7 Å². The van der Waals surface area contributed by atoms with E-state index in [4.69, 9.17) is 4.74 Å². The molecule has 0 aromatic carbocycles. The second-order valence-corrected chi connectivity index (χ2v) is 4.96. The Kier molecular flexibility index (Phi) is 4.13. The highest BCUT2D eigenvalue weighted by molar-refractivity contribution is 5.34. The molecule has 0 saturated carbocycles. The van der Waals surface area contributed by atoms with E-state index in [-0.39, 0.29) is 0 Å². The lowest BCUT2D eigenvalue weighted by molar-refractivity contribution is 0.170. The van der Waals surface area contributed by atoms with Crippen molar-refractivity contribution in [2.45, 2.75) is 32.8 Å². The molecule has 2 heterocycles. The lowest BCUT2D eigenvalue weighted by Gasteiger charge is -2.12. The highest BCUT2D eigenvalue weighted by atomic mass is 16.5. The zero-order chi connectivity index (χ0) is 14.9. The number of aromatic nitrogens is 4. The van der Waals surface area contributed by atoms with Gasteiger partial charge in [-0.1, -0.05) is 6.92 Å². The summed E-state index contributed by atoms with van der Waals surface area (Å²) in [4.78, 5) is 0. The number of aliphatic hydroxyl groups is 1. The minimum Gasteiger partial charge on any atom is -0.481 e. The van der Waals surface area contributed by atoms with Crippen molar-refractivity contribution in [3.8, 4) is 5.88 Å². The SMILES string of the molecule is CCc1cc(CC(O)c2c(C)nn(C)c2OC)n(C)n1. The standard InChI is InChI=1S/C14H22N4O2/c1-6-10-7-11(17(3)16-10)8-12(19)13-9(2)15-18(4)14(13)20-5/h7,12,19H,6,8H2,1-5H3. The Morgan fingerprint density at radius 2 is 2.00 bits per heavy atom. The van der Waals surface area contributed by atoms with Gasteiger partial charge in [0.15, 0.2) is 0 Å². The van der Waals surface area contributed by atoms with Gasteiger partial charge in [0.05, 0.1) is 30.2 Å². The van der Waals surface area contributed by atoms with Crippen LogP contribution in [0.4, 0.5) is 0 Å². The van der Waals surface area contributed by atoms with Crippen molar-refractivity contribution in [3.63, 3.8) is 0 Å². The molecule has 0 aliphatic rings. The second kappa shape index (κ2) is 5.66. The maximum Gasteiger partial charge on any atom is 0.217 e. The lowest BCUT2D eigenvalue weighted by atomic mass is 10.0. The monoisotopic (exact) mass is 278 g/mol. The van der Waals surface area contributed by atoms with E-state index in [9.17, 15) is 5.11 Å². The zero-order valence-electron chi connectivity index (χ0n) is 12.7. The van der Waals surface area contributed by atoms with Gasteiger partial charge in [0.25, 0.3) is 0 Å². The molecule has 0 bridgehead atoms. The third-order valence-corrected chi connectivity index (χ3v) is 3.53. The summed E-state index contributed by atoms with van der Waals surface area (Å²) >= 11 is 0. The first kappa shape index (κ1) is 14.6. The van der Waals surface area contributed by atoms with E-state index < -0.39 is 6.10 Å². The Morgan fingerprint density at radius 1 is 1.30 bits per heavy atom. The molecule has 0 spiro atoms. The third kappa shape index (κ3) is 2.56. The van der Waals surface area contributed by atoms with Crippen LogP contribution in [0.25, 0.3) is 0 Å². The summed E-state index contributed by atoms with van der Waals surface area (Å²) < 4.78 is 8.80. The van der Waals surface area contributed by atoms with Crippen LogP contribution in [0.15, 0.2) is 6.07 Å². The fourth-order valence-electron chi connectivity index (χ4n) is 2.51. The Bertz CT molecular complexity index is 601. The molecule has 6 heteroatoms. The zero-order valence-corrected chi connectivity index (χ0v) is 12.7. The molecule has 1 unspecified atom stereocenters. The van der Waals surface area contributed by atoms with E-state index in [2.05, 4.69) is 17.1 Å². The summed E-state index contributed by atoms with van der Waals surface area (Å²) in [5.74, 6) is 0.605. The van der Waals surface area contributed by atoms with Crippen LogP contribution < -0.4 is 4.74 Å². The molecule has 0 aliphatic heterocycles. The van der Waals surface area contributed by atoms with Crippen molar-refractivity contribution in [1.82, 2.24) is 19.6 Å². The van der Waals surface area contributed by atoms with Gasteiger partial charge in [0, 0.05) is 26.2 Å². The van der Waals surface area contributed by atoms with Gasteiger partial charge in [-0.05, 0) is 19.4 Å². The van der Waals surface area contributed by atoms with E-state index in [0.29, 0.717) is 12.3 Å². The minimum absolute atomic E-state index is 0.492. The van der Waals surface area contributed by atoms with Crippen LogP contribution in [0.5, 0.6) is 5.88 Å². The van der Waals surface area contributed by atoms with Crippen LogP contribution in [0.3, 0.4) is 0 Å².